The zero-order valence-corrected chi connectivity index (χ0v) is 12.9. The molecule has 6 nitrogen and oxygen atoms in total. The summed E-state index contributed by atoms with van der Waals surface area (Å²) in [6.07, 6.45) is 1.94. The predicted octanol–water partition coefficient (Wildman–Crippen LogP) is -0.793. The third-order valence-electron chi connectivity index (χ3n) is 2.74. The molecule has 1 aliphatic rings. The average molecular weight is 317 g/mol. The highest BCUT2D eigenvalue weighted by Gasteiger charge is 2.37. The molecule has 2 unspecified atom stereocenters. The molecule has 0 spiro atoms. The molecule has 1 heterocycles. The monoisotopic (exact) mass is 317 g/mol. The molecule has 1 rings (SSSR count). The van der Waals surface area contributed by atoms with Crippen molar-refractivity contribution >= 4 is 31.6 Å². The van der Waals surface area contributed by atoms with E-state index in [4.69, 9.17) is 0 Å². The second kappa shape index (κ2) is 5.66. The van der Waals surface area contributed by atoms with E-state index in [0.717, 1.165) is 0 Å². The van der Waals surface area contributed by atoms with Crippen LogP contribution in [-0.4, -0.2) is 62.9 Å². The van der Waals surface area contributed by atoms with Crippen molar-refractivity contribution < 1.29 is 21.9 Å². The summed E-state index contributed by atoms with van der Waals surface area (Å²) in [7, 11) is -6.91. The van der Waals surface area contributed by atoms with Gasteiger partial charge < -0.3 is 5.11 Å². The van der Waals surface area contributed by atoms with Crippen molar-refractivity contribution in [2.75, 3.05) is 30.1 Å². The third-order valence-corrected chi connectivity index (χ3v) is 7.46. The van der Waals surface area contributed by atoms with Gasteiger partial charge in [-0.2, -0.15) is 11.8 Å². The summed E-state index contributed by atoms with van der Waals surface area (Å²) in [6.45, 7) is 1.43. The van der Waals surface area contributed by atoms with Gasteiger partial charge in [0.25, 0.3) is 0 Å². The first-order chi connectivity index (χ1) is 8.08. The highest BCUT2D eigenvalue weighted by atomic mass is 32.2. The van der Waals surface area contributed by atoms with Gasteiger partial charge in [-0.1, -0.05) is 0 Å². The first-order valence-corrected chi connectivity index (χ1v) is 10.2. The maximum atomic E-state index is 11.9. The Bertz CT molecular complexity index is 482. The van der Waals surface area contributed by atoms with Crippen molar-refractivity contribution in [2.24, 2.45) is 0 Å². The van der Waals surface area contributed by atoms with E-state index in [2.05, 4.69) is 4.72 Å². The number of aliphatic hydroxyl groups is 1. The van der Waals surface area contributed by atoms with Crippen molar-refractivity contribution in [1.29, 1.82) is 0 Å². The normalized spacial score (nSPS) is 26.9. The topological polar surface area (TPSA) is 101 Å². The van der Waals surface area contributed by atoms with Gasteiger partial charge in [-0.05, 0) is 19.6 Å². The van der Waals surface area contributed by atoms with Gasteiger partial charge in [-0.3, -0.25) is 0 Å². The van der Waals surface area contributed by atoms with E-state index >= 15 is 0 Å². The minimum atomic E-state index is -3.68. The molecule has 0 saturated carbocycles. The first-order valence-electron chi connectivity index (χ1n) is 5.48. The zero-order valence-electron chi connectivity index (χ0n) is 10.4. The molecule has 9 heteroatoms. The van der Waals surface area contributed by atoms with Crippen LogP contribution in [0.3, 0.4) is 0 Å². The molecule has 18 heavy (non-hydrogen) atoms. The molecule has 1 aliphatic heterocycles. The van der Waals surface area contributed by atoms with Crippen molar-refractivity contribution in [1.82, 2.24) is 4.72 Å². The van der Waals surface area contributed by atoms with E-state index in [9.17, 15) is 21.9 Å². The molecule has 0 aromatic carbocycles. The van der Waals surface area contributed by atoms with Gasteiger partial charge in [0.1, 0.15) is 0 Å². The number of hydrogen-bond acceptors (Lipinski definition) is 6. The van der Waals surface area contributed by atoms with Gasteiger partial charge in [0, 0.05) is 12.3 Å². The van der Waals surface area contributed by atoms with Crippen LogP contribution in [0.2, 0.25) is 0 Å². The van der Waals surface area contributed by atoms with E-state index in [-0.39, 0.29) is 24.5 Å². The summed E-state index contributed by atoms with van der Waals surface area (Å²) in [5.41, 5.74) is -1.13. The molecule has 0 aromatic rings. The van der Waals surface area contributed by atoms with Crippen LogP contribution in [0.15, 0.2) is 0 Å². The largest absolute Gasteiger partial charge is 0.388 e. The number of sulfonamides is 1. The van der Waals surface area contributed by atoms with Crippen LogP contribution in [0.1, 0.15) is 13.3 Å². The molecule has 0 radical (unpaired) electrons. The van der Waals surface area contributed by atoms with E-state index in [1.165, 1.54) is 18.7 Å². The average Bonchev–Trinajstić information content (AvgIpc) is 2.57. The Kier molecular flexibility index (Phi) is 5.10. The molecular weight excluding hydrogens is 298 g/mol. The smallest absolute Gasteiger partial charge is 0.215 e. The first kappa shape index (κ1) is 16.2. The molecule has 0 bridgehead atoms. The zero-order chi connectivity index (χ0) is 14.0. The Labute approximate surface area is 113 Å². The van der Waals surface area contributed by atoms with Crippen LogP contribution in [0.25, 0.3) is 0 Å². The number of nitrogens with one attached hydrogen (secondary N) is 1. The van der Waals surface area contributed by atoms with Crippen LogP contribution in [0, 0.1) is 0 Å². The quantitative estimate of drug-likeness (QED) is 0.666. The van der Waals surface area contributed by atoms with E-state index in [1.54, 1.807) is 0 Å². The summed E-state index contributed by atoms with van der Waals surface area (Å²) in [6, 6.07) is 0. The van der Waals surface area contributed by atoms with Crippen molar-refractivity contribution in [3.05, 3.63) is 0 Å². The lowest BCUT2D eigenvalue weighted by molar-refractivity contribution is 0.0908. The minimum absolute atomic E-state index is 0.0836. The molecular formula is C9H19NO5S3. The van der Waals surface area contributed by atoms with Crippen LogP contribution in [0.5, 0.6) is 0 Å². The number of thioether (sulfide) groups is 1. The molecule has 1 fully saturated rings. The van der Waals surface area contributed by atoms with Crippen LogP contribution >= 0.6 is 11.8 Å². The maximum absolute atomic E-state index is 11.9. The summed E-state index contributed by atoms with van der Waals surface area (Å²) < 4.78 is 48.6. The van der Waals surface area contributed by atoms with E-state index in [0.29, 0.717) is 5.75 Å². The SMILES string of the molecule is CSCC(C)(O)CNS(=O)(=O)C1CCS(=O)(=O)C1. The predicted molar refractivity (Wildman–Crippen MR) is 73.0 cm³/mol. The fraction of sp³-hybridized carbons (Fsp3) is 1.00. The van der Waals surface area contributed by atoms with Crippen molar-refractivity contribution in [2.45, 2.75) is 24.2 Å². The van der Waals surface area contributed by atoms with Crippen LogP contribution < -0.4 is 4.72 Å². The standard InChI is InChI=1S/C9H19NO5S3/c1-9(11,7-16-2)6-10-18(14,15)8-3-4-17(12,13)5-8/h8,10-11H,3-7H2,1-2H3. The van der Waals surface area contributed by atoms with Gasteiger partial charge in [0.2, 0.25) is 10.0 Å². The Hall–Kier alpha value is 0.170. The lowest BCUT2D eigenvalue weighted by Crippen LogP contribution is -2.45. The summed E-state index contributed by atoms with van der Waals surface area (Å²) in [5.74, 6) is -0.00866. The fourth-order valence-corrected chi connectivity index (χ4v) is 6.67. The summed E-state index contributed by atoms with van der Waals surface area (Å²) in [5, 5.41) is 8.96. The summed E-state index contributed by atoms with van der Waals surface area (Å²) >= 11 is 1.41. The molecule has 2 N–H and O–H groups in total. The molecule has 0 aromatic heterocycles. The number of rotatable bonds is 6. The van der Waals surface area contributed by atoms with Crippen molar-refractivity contribution in [3.63, 3.8) is 0 Å². The Morgan fingerprint density at radius 1 is 1.50 bits per heavy atom. The number of hydrogen-bond donors (Lipinski definition) is 2. The summed E-state index contributed by atoms with van der Waals surface area (Å²) in [4.78, 5) is 0. The van der Waals surface area contributed by atoms with Crippen molar-refractivity contribution in [3.8, 4) is 0 Å². The van der Waals surface area contributed by atoms with Crippen LogP contribution in [-0.2, 0) is 19.9 Å². The number of sulfone groups is 1. The van der Waals surface area contributed by atoms with Gasteiger partial charge in [0.15, 0.2) is 9.84 Å². The third kappa shape index (κ3) is 4.69. The van der Waals surface area contributed by atoms with Gasteiger partial charge >= 0.3 is 0 Å². The Balaban J connectivity index is 2.62. The van der Waals surface area contributed by atoms with Gasteiger partial charge in [-0.25, -0.2) is 21.6 Å². The lowest BCUT2D eigenvalue weighted by atomic mass is 10.1. The molecule has 1 saturated heterocycles. The Morgan fingerprint density at radius 2 is 2.11 bits per heavy atom. The van der Waals surface area contributed by atoms with Crippen LogP contribution in [0.4, 0.5) is 0 Å². The van der Waals surface area contributed by atoms with E-state index < -0.39 is 30.7 Å². The fourth-order valence-electron chi connectivity index (χ4n) is 1.74. The molecule has 2 atom stereocenters. The molecule has 0 amide bonds. The second-order valence-corrected chi connectivity index (χ2v) is 9.96. The lowest BCUT2D eigenvalue weighted by Gasteiger charge is -2.23. The maximum Gasteiger partial charge on any atom is 0.215 e. The van der Waals surface area contributed by atoms with Gasteiger partial charge in [-0.15, -0.1) is 0 Å². The van der Waals surface area contributed by atoms with Gasteiger partial charge in [0.05, 0.1) is 22.4 Å². The minimum Gasteiger partial charge on any atom is -0.388 e. The molecule has 0 aliphatic carbocycles. The highest BCUT2D eigenvalue weighted by molar-refractivity contribution is 7.98. The van der Waals surface area contributed by atoms with E-state index in [1.807, 2.05) is 6.26 Å². The molecule has 108 valence electrons. The Morgan fingerprint density at radius 3 is 2.56 bits per heavy atom. The highest BCUT2D eigenvalue weighted by Crippen LogP contribution is 2.19. The second-order valence-electron chi connectivity index (χ2n) is 4.82.